The van der Waals surface area contributed by atoms with Gasteiger partial charge in [0.15, 0.2) is 0 Å². The highest BCUT2D eigenvalue weighted by Gasteiger charge is 2.04. The molecule has 0 aliphatic carbocycles. The fourth-order valence-electron chi connectivity index (χ4n) is 1.55. The SMILES string of the molecule is OCCn1cc(CNc2cc(F)ccc2F)cn1. The maximum Gasteiger partial charge on any atom is 0.146 e. The van der Waals surface area contributed by atoms with E-state index in [2.05, 4.69) is 10.4 Å². The van der Waals surface area contributed by atoms with Crippen LogP contribution in [0.15, 0.2) is 30.6 Å². The van der Waals surface area contributed by atoms with E-state index in [1.807, 2.05) is 0 Å². The molecule has 4 nitrogen and oxygen atoms in total. The van der Waals surface area contributed by atoms with Gasteiger partial charge in [-0.05, 0) is 18.2 Å². The van der Waals surface area contributed by atoms with Crippen LogP contribution in [-0.2, 0) is 13.1 Å². The molecule has 1 aromatic carbocycles. The van der Waals surface area contributed by atoms with Crippen molar-refractivity contribution in [3.63, 3.8) is 0 Å². The number of hydrogen-bond acceptors (Lipinski definition) is 3. The molecule has 96 valence electrons. The summed E-state index contributed by atoms with van der Waals surface area (Å²) in [4.78, 5) is 0. The first kappa shape index (κ1) is 12.5. The smallest absolute Gasteiger partial charge is 0.146 e. The van der Waals surface area contributed by atoms with Crippen LogP contribution in [0.2, 0.25) is 0 Å². The van der Waals surface area contributed by atoms with Gasteiger partial charge in [0.25, 0.3) is 0 Å². The lowest BCUT2D eigenvalue weighted by molar-refractivity contribution is 0.269. The first-order chi connectivity index (χ1) is 8.69. The van der Waals surface area contributed by atoms with Crippen molar-refractivity contribution in [2.75, 3.05) is 11.9 Å². The second-order valence-corrected chi connectivity index (χ2v) is 3.81. The van der Waals surface area contributed by atoms with Crippen LogP contribution >= 0.6 is 0 Å². The van der Waals surface area contributed by atoms with Crippen LogP contribution in [0.25, 0.3) is 0 Å². The summed E-state index contributed by atoms with van der Waals surface area (Å²) in [5, 5.41) is 15.5. The number of rotatable bonds is 5. The Morgan fingerprint density at radius 3 is 2.94 bits per heavy atom. The van der Waals surface area contributed by atoms with E-state index < -0.39 is 11.6 Å². The van der Waals surface area contributed by atoms with Crippen molar-refractivity contribution in [2.45, 2.75) is 13.1 Å². The average Bonchev–Trinajstić information content (AvgIpc) is 2.79. The summed E-state index contributed by atoms with van der Waals surface area (Å²) < 4.78 is 27.8. The molecule has 18 heavy (non-hydrogen) atoms. The van der Waals surface area contributed by atoms with Crippen LogP contribution in [-0.4, -0.2) is 21.5 Å². The van der Waals surface area contributed by atoms with Gasteiger partial charge in [0.2, 0.25) is 0 Å². The van der Waals surface area contributed by atoms with E-state index in [9.17, 15) is 8.78 Å². The van der Waals surface area contributed by atoms with Crippen LogP contribution in [0, 0.1) is 11.6 Å². The molecule has 0 saturated heterocycles. The van der Waals surface area contributed by atoms with Gasteiger partial charge in [-0.15, -0.1) is 0 Å². The largest absolute Gasteiger partial charge is 0.394 e. The minimum absolute atomic E-state index is 0.00702. The summed E-state index contributed by atoms with van der Waals surface area (Å²) in [5.74, 6) is -0.992. The van der Waals surface area contributed by atoms with Gasteiger partial charge in [0.1, 0.15) is 11.6 Å². The van der Waals surface area contributed by atoms with E-state index in [1.165, 1.54) is 0 Å². The van der Waals surface area contributed by atoms with E-state index in [4.69, 9.17) is 5.11 Å². The van der Waals surface area contributed by atoms with E-state index >= 15 is 0 Å². The van der Waals surface area contributed by atoms with E-state index in [-0.39, 0.29) is 12.3 Å². The standard InChI is InChI=1S/C12H13F2N3O/c13-10-1-2-11(14)12(5-10)15-6-9-7-16-17(8-9)3-4-18/h1-2,5,7-8,15,18H,3-4,6H2. The van der Waals surface area contributed by atoms with E-state index in [0.29, 0.717) is 13.1 Å². The monoisotopic (exact) mass is 253 g/mol. The molecule has 0 aliphatic heterocycles. The predicted molar refractivity (Wildman–Crippen MR) is 63.0 cm³/mol. The predicted octanol–water partition coefficient (Wildman–Crippen LogP) is 1.77. The topological polar surface area (TPSA) is 50.1 Å². The molecule has 0 unspecified atom stereocenters. The molecule has 2 rings (SSSR count). The maximum absolute atomic E-state index is 13.3. The zero-order chi connectivity index (χ0) is 13.0. The van der Waals surface area contributed by atoms with Crippen molar-refractivity contribution in [2.24, 2.45) is 0 Å². The number of hydrogen-bond donors (Lipinski definition) is 2. The van der Waals surface area contributed by atoms with Gasteiger partial charge in [0, 0.05) is 18.3 Å². The summed E-state index contributed by atoms with van der Waals surface area (Å²) >= 11 is 0. The Bertz CT molecular complexity index is 528. The summed E-state index contributed by atoms with van der Waals surface area (Å²) in [6, 6.07) is 3.25. The third-order valence-electron chi connectivity index (χ3n) is 2.43. The molecule has 0 aliphatic rings. The maximum atomic E-state index is 13.3. The molecule has 6 heteroatoms. The van der Waals surface area contributed by atoms with E-state index in [1.54, 1.807) is 17.1 Å². The van der Waals surface area contributed by atoms with Gasteiger partial charge < -0.3 is 10.4 Å². The van der Waals surface area contributed by atoms with Crippen molar-refractivity contribution in [1.82, 2.24) is 9.78 Å². The zero-order valence-corrected chi connectivity index (χ0v) is 9.61. The van der Waals surface area contributed by atoms with Gasteiger partial charge in [-0.1, -0.05) is 0 Å². The van der Waals surface area contributed by atoms with Crippen LogP contribution in [0.5, 0.6) is 0 Å². The third kappa shape index (κ3) is 3.04. The molecule has 2 aromatic rings. The Balaban J connectivity index is 1.99. The molecular weight excluding hydrogens is 240 g/mol. The number of aliphatic hydroxyl groups is 1. The van der Waals surface area contributed by atoms with Gasteiger partial charge >= 0.3 is 0 Å². The molecule has 0 fully saturated rings. The molecule has 0 atom stereocenters. The number of nitrogens with one attached hydrogen (secondary N) is 1. The molecule has 1 heterocycles. The molecule has 0 bridgehead atoms. The second-order valence-electron chi connectivity index (χ2n) is 3.81. The lowest BCUT2D eigenvalue weighted by atomic mass is 10.2. The van der Waals surface area contributed by atoms with Crippen LogP contribution in [0.3, 0.4) is 0 Å². The summed E-state index contributed by atoms with van der Waals surface area (Å²) in [5.41, 5.74) is 0.942. The van der Waals surface area contributed by atoms with Crippen molar-refractivity contribution < 1.29 is 13.9 Å². The highest BCUT2D eigenvalue weighted by Crippen LogP contribution is 2.16. The molecule has 0 amide bonds. The Kier molecular flexibility index (Phi) is 3.88. The molecule has 0 radical (unpaired) electrons. The number of aromatic nitrogens is 2. The Labute approximate surface area is 103 Å². The Morgan fingerprint density at radius 1 is 1.33 bits per heavy atom. The lowest BCUT2D eigenvalue weighted by Gasteiger charge is -2.05. The van der Waals surface area contributed by atoms with Crippen molar-refractivity contribution in [3.05, 3.63) is 47.8 Å². The number of anilines is 1. The molecule has 2 N–H and O–H groups in total. The molecule has 0 spiro atoms. The van der Waals surface area contributed by atoms with Gasteiger partial charge in [0.05, 0.1) is 25.0 Å². The average molecular weight is 253 g/mol. The quantitative estimate of drug-likeness (QED) is 0.853. The Morgan fingerprint density at radius 2 is 2.17 bits per heavy atom. The van der Waals surface area contributed by atoms with E-state index in [0.717, 1.165) is 23.8 Å². The van der Waals surface area contributed by atoms with Crippen LogP contribution in [0.1, 0.15) is 5.56 Å². The minimum Gasteiger partial charge on any atom is -0.394 e. The minimum atomic E-state index is -0.501. The van der Waals surface area contributed by atoms with Gasteiger partial charge in [-0.25, -0.2) is 8.78 Å². The second kappa shape index (κ2) is 5.59. The van der Waals surface area contributed by atoms with Crippen molar-refractivity contribution >= 4 is 5.69 Å². The summed E-state index contributed by atoms with van der Waals surface area (Å²) in [7, 11) is 0. The number of benzene rings is 1. The number of aliphatic hydroxyl groups excluding tert-OH is 1. The summed E-state index contributed by atoms with van der Waals surface area (Å²) in [6.07, 6.45) is 3.35. The zero-order valence-electron chi connectivity index (χ0n) is 9.61. The highest BCUT2D eigenvalue weighted by molar-refractivity contribution is 5.45. The summed E-state index contributed by atoms with van der Waals surface area (Å²) in [6.45, 7) is 0.757. The Hall–Kier alpha value is -1.95. The molecular formula is C12H13F2N3O. The van der Waals surface area contributed by atoms with Gasteiger partial charge in [-0.2, -0.15) is 5.10 Å². The molecule has 0 saturated carbocycles. The van der Waals surface area contributed by atoms with Crippen molar-refractivity contribution in [3.8, 4) is 0 Å². The van der Waals surface area contributed by atoms with Gasteiger partial charge in [-0.3, -0.25) is 4.68 Å². The lowest BCUT2D eigenvalue weighted by Crippen LogP contribution is -2.03. The van der Waals surface area contributed by atoms with Crippen LogP contribution in [0.4, 0.5) is 14.5 Å². The number of halogens is 2. The van der Waals surface area contributed by atoms with Crippen LogP contribution < -0.4 is 5.32 Å². The fourth-order valence-corrected chi connectivity index (χ4v) is 1.55. The van der Waals surface area contributed by atoms with Crippen molar-refractivity contribution in [1.29, 1.82) is 0 Å². The fraction of sp³-hybridized carbons (Fsp3) is 0.250. The first-order valence-electron chi connectivity index (χ1n) is 5.50. The third-order valence-corrected chi connectivity index (χ3v) is 2.43. The highest BCUT2D eigenvalue weighted by atomic mass is 19.1. The number of nitrogens with zero attached hydrogens (tertiary/aromatic N) is 2. The molecule has 1 aromatic heterocycles. The normalized spacial score (nSPS) is 10.6. The first-order valence-corrected chi connectivity index (χ1v) is 5.50.